The molecular weight excluding hydrogens is 234 g/mol. The fourth-order valence-electron chi connectivity index (χ4n) is 1.18. The summed E-state index contributed by atoms with van der Waals surface area (Å²) in [4.78, 5) is 1.44. The first-order valence-corrected chi connectivity index (χ1v) is 5.81. The average molecular weight is 248 g/mol. The Morgan fingerprint density at radius 1 is 1.58 bits per heavy atom. The zero-order chi connectivity index (χ0) is 8.97. The summed E-state index contributed by atoms with van der Waals surface area (Å²) in [6.07, 6.45) is 1.13. The van der Waals surface area contributed by atoms with Gasteiger partial charge >= 0.3 is 0 Å². The molecule has 0 aromatic carbocycles. The topological polar surface area (TPSA) is 12.0 Å². The molecule has 0 radical (unpaired) electrons. The van der Waals surface area contributed by atoms with E-state index in [-0.39, 0.29) is 0 Å². The van der Waals surface area contributed by atoms with E-state index >= 15 is 0 Å². The van der Waals surface area contributed by atoms with Crippen molar-refractivity contribution in [2.75, 3.05) is 6.54 Å². The Labute approximate surface area is 86.3 Å². The minimum Gasteiger partial charge on any atom is -0.314 e. The number of hydrogen-bond donors (Lipinski definition) is 1. The van der Waals surface area contributed by atoms with Gasteiger partial charge in [0, 0.05) is 10.9 Å². The smallest absolute Gasteiger partial charge is 0.0701 e. The highest BCUT2D eigenvalue weighted by Crippen LogP contribution is 2.22. The largest absolute Gasteiger partial charge is 0.314 e. The van der Waals surface area contributed by atoms with E-state index < -0.39 is 0 Å². The zero-order valence-corrected chi connectivity index (χ0v) is 9.83. The van der Waals surface area contributed by atoms with Crippen LogP contribution in [0.2, 0.25) is 0 Å². The second kappa shape index (κ2) is 5.00. The second-order valence-electron chi connectivity index (χ2n) is 2.87. The van der Waals surface area contributed by atoms with E-state index in [0.29, 0.717) is 6.04 Å². The average Bonchev–Trinajstić information content (AvgIpc) is 2.36. The molecule has 68 valence electrons. The standard InChI is InChI=1S/C9H14BrNS/c1-3-11-7(2)6-8-4-5-9(10)12-8/h4-5,7,11H,3,6H2,1-2H3. The van der Waals surface area contributed by atoms with Crippen LogP contribution in [-0.4, -0.2) is 12.6 Å². The van der Waals surface area contributed by atoms with Gasteiger partial charge in [-0.3, -0.25) is 0 Å². The molecule has 0 saturated carbocycles. The van der Waals surface area contributed by atoms with Crippen LogP contribution in [0.25, 0.3) is 0 Å². The Morgan fingerprint density at radius 3 is 2.83 bits per heavy atom. The van der Waals surface area contributed by atoms with Gasteiger partial charge in [0.1, 0.15) is 0 Å². The van der Waals surface area contributed by atoms with Crippen LogP contribution in [0.15, 0.2) is 15.9 Å². The summed E-state index contributed by atoms with van der Waals surface area (Å²) in [5.74, 6) is 0. The number of hydrogen-bond acceptors (Lipinski definition) is 2. The summed E-state index contributed by atoms with van der Waals surface area (Å²) < 4.78 is 1.22. The van der Waals surface area contributed by atoms with E-state index in [1.165, 1.54) is 8.66 Å². The van der Waals surface area contributed by atoms with Gasteiger partial charge in [-0.1, -0.05) is 6.92 Å². The number of rotatable bonds is 4. The van der Waals surface area contributed by atoms with Crippen LogP contribution < -0.4 is 5.32 Å². The van der Waals surface area contributed by atoms with Crippen LogP contribution in [0.3, 0.4) is 0 Å². The number of thiophene rings is 1. The molecule has 0 bridgehead atoms. The summed E-state index contributed by atoms with van der Waals surface area (Å²) >= 11 is 5.28. The predicted molar refractivity (Wildman–Crippen MR) is 58.9 cm³/mol. The number of halogens is 1. The Kier molecular flexibility index (Phi) is 4.26. The maximum Gasteiger partial charge on any atom is 0.0701 e. The number of nitrogens with one attached hydrogen (secondary N) is 1. The van der Waals surface area contributed by atoms with Crippen molar-refractivity contribution >= 4 is 27.3 Å². The zero-order valence-electron chi connectivity index (χ0n) is 7.43. The fraction of sp³-hybridized carbons (Fsp3) is 0.556. The summed E-state index contributed by atoms with van der Waals surface area (Å²) in [5, 5.41) is 3.39. The van der Waals surface area contributed by atoms with E-state index in [2.05, 4.69) is 47.2 Å². The van der Waals surface area contributed by atoms with Gasteiger partial charge in [0.05, 0.1) is 3.79 Å². The third-order valence-corrected chi connectivity index (χ3v) is 3.33. The molecule has 0 aliphatic heterocycles. The molecule has 0 saturated heterocycles. The van der Waals surface area contributed by atoms with Crippen LogP contribution in [0.4, 0.5) is 0 Å². The molecular formula is C9H14BrNS. The van der Waals surface area contributed by atoms with Crippen molar-refractivity contribution in [3.8, 4) is 0 Å². The lowest BCUT2D eigenvalue weighted by molar-refractivity contribution is 0.569. The van der Waals surface area contributed by atoms with Crippen LogP contribution in [-0.2, 0) is 6.42 Å². The SMILES string of the molecule is CCNC(C)Cc1ccc(Br)s1. The summed E-state index contributed by atoms with van der Waals surface area (Å²) in [6, 6.07) is 4.88. The van der Waals surface area contributed by atoms with Crippen molar-refractivity contribution < 1.29 is 0 Å². The van der Waals surface area contributed by atoms with Crippen molar-refractivity contribution in [2.24, 2.45) is 0 Å². The first-order chi connectivity index (χ1) is 5.72. The molecule has 3 heteroatoms. The van der Waals surface area contributed by atoms with Gasteiger partial charge < -0.3 is 5.32 Å². The van der Waals surface area contributed by atoms with Gasteiger partial charge in [-0.25, -0.2) is 0 Å². The summed E-state index contributed by atoms with van der Waals surface area (Å²) in [5.41, 5.74) is 0. The predicted octanol–water partition coefficient (Wildman–Crippen LogP) is 3.05. The van der Waals surface area contributed by atoms with E-state index in [1.54, 1.807) is 0 Å². The third-order valence-electron chi connectivity index (χ3n) is 1.69. The molecule has 1 N–H and O–H groups in total. The Morgan fingerprint density at radius 2 is 2.33 bits per heavy atom. The summed E-state index contributed by atoms with van der Waals surface area (Å²) in [7, 11) is 0. The minimum atomic E-state index is 0.584. The monoisotopic (exact) mass is 247 g/mol. The highest BCUT2D eigenvalue weighted by atomic mass is 79.9. The highest BCUT2D eigenvalue weighted by Gasteiger charge is 2.03. The van der Waals surface area contributed by atoms with Gasteiger partial charge in [0.25, 0.3) is 0 Å². The van der Waals surface area contributed by atoms with Crippen molar-refractivity contribution in [3.05, 3.63) is 20.8 Å². The first kappa shape index (κ1) is 10.2. The number of likely N-dealkylation sites (N-methyl/N-ethyl adjacent to an activating group) is 1. The van der Waals surface area contributed by atoms with E-state index in [4.69, 9.17) is 0 Å². The molecule has 1 aromatic heterocycles. The second-order valence-corrected chi connectivity index (χ2v) is 5.42. The van der Waals surface area contributed by atoms with Crippen LogP contribution >= 0.6 is 27.3 Å². The van der Waals surface area contributed by atoms with Crippen molar-refractivity contribution in [1.82, 2.24) is 5.32 Å². The molecule has 0 aliphatic carbocycles. The van der Waals surface area contributed by atoms with Crippen LogP contribution in [0.5, 0.6) is 0 Å². The van der Waals surface area contributed by atoms with Crippen molar-refractivity contribution in [1.29, 1.82) is 0 Å². The van der Waals surface area contributed by atoms with Gasteiger partial charge in [-0.2, -0.15) is 0 Å². The molecule has 0 amide bonds. The Bertz CT molecular complexity index is 234. The molecule has 0 aliphatic rings. The van der Waals surface area contributed by atoms with Crippen molar-refractivity contribution in [2.45, 2.75) is 26.3 Å². The molecule has 1 atom stereocenters. The van der Waals surface area contributed by atoms with Gasteiger partial charge in [-0.05, 0) is 48.0 Å². The third kappa shape index (κ3) is 3.25. The molecule has 1 aromatic rings. The van der Waals surface area contributed by atoms with Gasteiger partial charge in [0.15, 0.2) is 0 Å². The molecule has 0 spiro atoms. The lowest BCUT2D eigenvalue weighted by Crippen LogP contribution is -2.27. The van der Waals surface area contributed by atoms with Gasteiger partial charge in [0.2, 0.25) is 0 Å². The molecule has 1 heterocycles. The molecule has 1 rings (SSSR count). The van der Waals surface area contributed by atoms with Gasteiger partial charge in [-0.15, -0.1) is 11.3 Å². The minimum absolute atomic E-state index is 0.584. The molecule has 1 unspecified atom stereocenters. The summed E-state index contributed by atoms with van der Waals surface area (Å²) in [6.45, 7) is 5.41. The Hall–Kier alpha value is 0.140. The lowest BCUT2D eigenvalue weighted by Gasteiger charge is -2.09. The Balaban J connectivity index is 2.41. The van der Waals surface area contributed by atoms with Crippen LogP contribution in [0.1, 0.15) is 18.7 Å². The first-order valence-electron chi connectivity index (χ1n) is 4.20. The van der Waals surface area contributed by atoms with E-state index in [1.807, 2.05) is 11.3 Å². The lowest BCUT2D eigenvalue weighted by atomic mass is 10.2. The normalized spacial score (nSPS) is 13.2. The maximum atomic E-state index is 3.46. The molecule has 12 heavy (non-hydrogen) atoms. The van der Waals surface area contributed by atoms with Crippen molar-refractivity contribution in [3.63, 3.8) is 0 Å². The van der Waals surface area contributed by atoms with E-state index in [9.17, 15) is 0 Å². The molecule has 0 fully saturated rings. The fourth-order valence-corrected chi connectivity index (χ4v) is 2.80. The van der Waals surface area contributed by atoms with Crippen LogP contribution in [0, 0.1) is 0 Å². The highest BCUT2D eigenvalue weighted by molar-refractivity contribution is 9.11. The quantitative estimate of drug-likeness (QED) is 0.863. The van der Waals surface area contributed by atoms with E-state index in [0.717, 1.165) is 13.0 Å². The molecule has 1 nitrogen and oxygen atoms in total. The maximum absolute atomic E-state index is 3.46.